The van der Waals surface area contributed by atoms with Crippen molar-refractivity contribution in [2.24, 2.45) is 4.99 Å². The minimum absolute atomic E-state index is 0.128. The standard InChI is InChI=1S/C20H23ClN2O3S/c1-4-11(2)23-18-16-8-6-13(26-16)10-17(18)27-20(23)22-19(24)14-9-12(21)5-7-15(14)25-3/h5,7,9,11,13,16H,4,6,8,10H2,1-3H3. The first-order chi connectivity index (χ1) is 13.0. The van der Waals surface area contributed by atoms with E-state index in [9.17, 15) is 4.79 Å². The predicted octanol–water partition coefficient (Wildman–Crippen LogP) is 4.70. The zero-order chi connectivity index (χ0) is 19.1. The number of methoxy groups -OCH3 is 1. The Hall–Kier alpha value is -1.63. The van der Waals surface area contributed by atoms with Gasteiger partial charge in [0.2, 0.25) is 0 Å². The third kappa shape index (κ3) is 3.35. The van der Waals surface area contributed by atoms with Gasteiger partial charge in [-0.1, -0.05) is 18.5 Å². The summed E-state index contributed by atoms with van der Waals surface area (Å²) in [6.45, 7) is 4.31. The van der Waals surface area contributed by atoms with Crippen LogP contribution in [0.4, 0.5) is 0 Å². The molecular weight excluding hydrogens is 384 g/mol. The fraction of sp³-hybridized carbons (Fsp3) is 0.500. The monoisotopic (exact) mass is 406 g/mol. The van der Waals surface area contributed by atoms with E-state index < -0.39 is 0 Å². The van der Waals surface area contributed by atoms with Gasteiger partial charge in [-0.15, -0.1) is 11.3 Å². The second-order valence-corrected chi connectivity index (χ2v) is 8.61. The minimum Gasteiger partial charge on any atom is -0.496 e. The molecule has 2 aromatic rings. The molecule has 3 atom stereocenters. The average Bonchev–Trinajstić information content (AvgIpc) is 3.22. The number of hydrogen-bond acceptors (Lipinski definition) is 4. The fourth-order valence-corrected chi connectivity index (χ4v) is 5.37. The molecule has 0 radical (unpaired) electrons. The smallest absolute Gasteiger partial charge is 0.283 e. The number of carbonyl (C=O) groups excluding carboxylic acids is 1. The van der Waals surface area contributed by atoms with E-state index in [1.54, 1.807) is 29.5 Å². The summed E-state index contributed by atoms with van der Waals surface area (Å²) < 4.78 is 13.7. The van der Waals surface area contributed by atoms with Crippen molar-refractivity contribution in [3.05, 3.63) is 44.2 Å². The Kier molecular flexibility index (Phi) is 5.14. The highest BCUT2D eigenvalue weighted by atomic mass is 35.5. The zero-order valence-corrected chi connectivity index (χ0v) is 17.3. The first kappa shape index (κ1) is 18.7. The van der Waals surface area contributed by atoms with E-state index in [0.29, 0.717) is 22.4 Å². The number of rotatable bonds is 4. The molecule has 2 bridgehead atoms. The number of carbonyl (C=O) groups is 1. The molecule has 3 heterocycles. The Bertz CT molecular complexity index is 949. The molecule has 1 saturated heterocycles. The molecule has 0 N–H and O–H groups in total. The summed E-state index contributed by atoms with van der Waals surface area (Å²) >= 11 is 7.70. The molecule has 4 rings (SSSR count). The maximum atomic E-state index is 12.9. The summed E-state index contributed by atoms with van der Waals surface area (Å²) in [5.41, 5.74) is 1.59. The molecule has 3 unspecified atom stereocenters. The number of nitrogens with zero attached hydrogens (tertiary/aromatic N) is 2. The number of halogens is 1. The summed E-state index contributed by atoms with van der Waals surface area (Å²) in [5.74, 6) is 0.142. The summed E-state index contributed by atoms with van der Waals surface area (Å²) in [6, 6.07) is 5.26. The molecule has 1 fully saturated rings. The van der Waals surface area contributed by atoms with Crippen molar-refractivity contribution in [1.82, 2.24) is 4.57 Å². The lowest BCUT2D eigenvalue weighted by Crippen LogP contribution is -2.26. The van der Waals surface area contributed by atoms with Gasteiger partial charge in [-0.05, 0) is 44.4 Å². The Labute approximate surface area is 167 Å². The number of fused-ring (bicyclic) bond motifs is 4. The van der Waals surface area contributed by atoms with Crippen molar-refractivity contribution in [2.45, 2.75) is 57.8 Å². The molecule has 0 saturated carbocycles. The molecule has 2 aliphatic heterocycles. The molecule has 1 amide bonds. The number of ether oxygens (including phenoxy) is 2. The maximum Gasteiger partial charge on any atom is 0.283 e. The highest BCUT2D eigenvalue weighted by Gasteiger charge is 2.38. The molecular formula is C20H23ClN2O3S. The quantitative estimate of drug-likeness (QED) is 0.739. The zero-order valence-electron chi connectivity index (χ0n) is 15.7. The average molecular weight is 407 g/mol. The van der Waals surface area contributed by atoms with Crippen molar-refractivity contribution >= 4 is 28.8 Å². The molecule has 0 aliphatic carbocycles. The van der Waals surface area contributed by atoms with Crippen LogP contribution in [0.25, 0.3) is 0 Å². The highest BCUT2D eigenvalue weighted by Crippen LogP contribution is 2.43. The van der Waals surface area contributed by atoms with Gasteiger partial charge in [-0.3, -0.25) is 4.79 Å². The van der Waals surface area contributed by atoms with Crippen molar-refractivity contribution in [3.8, 4) is 5.75 Å². The third-order valence-corrected chi connectivity index (χ3v) is 6.74. The summed E-state index contributed by atoms with van der Waals surface area (Å²) in [4.78, 5) is 19.5. The molecule has 7 heteroatoms. The van der Waals surface area contributed by atoms with Crippen LogP contribution in [-0.2, 0) is 11.2 Å². The van der Waals surface area contributed by atoms with Crippen LogP contribution in [0.2, 0.25) is 5.02 Å². The molecule has 144 valence electrons. The van der Waals surface area contributed by atoms with Crippen LogP contribution < -0.4 is 9.54 Å². The van der Waals surface area contributed by atoms with E-state index in [-0.39, 0.29) is 18.1 Å². The second-order valence-electron chi connectivity index (χ2n) is 7.11. The van der Waals surface area contributed by atoms with Crippen LogP contribution in [0.3, 0.4) is 0 Å². The van der Waals surface area contributed by atoms with Crippen molar-refractivity contribution < 1.29 is 14.3 Å². The third-order valence-electron chi connectivity index (χ3n) is 5.41. The topological polar surface area (TPSA) is 52.8 Å². The lowest BCUT2D eigenvalue weighted by Gasteiger charge is -2.24. The van der Waals surface area contributed by atoms with Gasteiger partial charge < -0.3 is 14.0 Å². The Balaban J connectivity index is 1.83. The summed E-state index contributed by atoms with van der Waals surface area (Å²) in [6.07, 6.45) is 4.46. The van der Waals surface area contributed by atoms with Gasteiger partial charge >= 0.3 is 0 Å². The fourth-order valence-electron chi connectivity index (χ4n) is 3.87. The van der Waals surface area contributed by atoms with Crippen LogP contribution in [0, 0.1) is 0 Å². The van der Waals surface area contributed by atoms with Crippen molar-refractivity contribution in [3.63, 3.8) is 0 Å². The van der Waals surface area contributed by atoms with Crippen molar-refractivity contribution in [2.75, 3.05) is 7.11 Å². The Morgan fingerprint density at radius 1 is 1.48 bits per heavy atom. The largest absolute Gasteiger partial charge is 0.496 e. The van der Waals surface area contributed by atoms with E-state index in [2.05, 4.69) is 23.4 Å². The summed E-state index contributed by atoms with van der Waals surface area (Å²) in [5, 5.41) is 0.486. The first-order valence-electron chi connectivity index (χ1n) is 9.34. The van der Waals surface area contributed by atoms with Crippen LogP contribution in [0.5, 0.6) is 5.75 Å². The molecule has 5 nitrogen and oxygen atoms in total. The van der Waals surface area contributed by atoms with Gasteiger partial charge in [0.05, 0.1) is 30.6 Å². The predicted molar refractivity (Wildman–Crippen MR) is 106 cm³/mol. The van der Waals surface area contributed by atoms with Gasteiger partial charge in [-0.2, -0.15) is 4.99 Å². The van der Waals surface area contributed by atoms with E-state index in [0.717, 1.165) is 30.5 Å². The van der Waals surface area contributed by atoms with Gasteiger partial charge in [-0.25, -0.2) is 0 Å². The molecule has 1 aromatic carbocycles. The minimum atomic E-state index is -0.337. The first-order valence-corrected chi connectivity index (χ1v) is 10.5. The number of benzene rings is 1. The normalized spacial score (nSPS) is 22.6. The van der Waals surface area contributed by atoms with E-state index in [1.165, 1.54) is 17.7 Å². The van der Waals surface area contributed by atoms with Crippen molar-refractivity contribution in [1.29, 1.82) is 0 Å². The van der Waals surface area contributed by atoms with E-state index >= 15 is 0 Å². The Morgan fingerprint density at radius 2 is 2.30 bits per heavy atom. The molecule has 1 aromatic heterocycles. The Morgan fingerprint density at radius 3 is 3.04 bits per heavy atom. The number of aromatic nitrogens is 1. The number of thiazole rings is 1. The van der Waals surface area contributed by atoms with Crippen LogP contribution in [0.1, 0.15) is 66.2 Å². The van der Waals surface area contributed by atoms with Crippen LogP contribution in [0.15, 0.2) is 23.2 Å². The maximum absolute atomic E-state index is 12.9. The SMILES string of the molecule is CCC(C)n1c2c(sc1=NC(=O)c1cc(Cl)ccc1OC)CC1CCC2O1. The molecule has 0 spiro atoms. The molecule has 27 heavy (non-hydrogen) atoms. The van der Waals surface area contributed by atoms with Gasteiger partial charge in [0.15, 0.2) is 4.80 Å². The van der Waals surface area contributed by atoms with E-state index in [4.69, 9.17) is 21.1 Å². The lowest BCUT2D eigenvalue weighted by molar-refractivity contribution is 0.0272. The highest BCUT2D eigenvalue weighted by molar-refractivity contribution is 7.09. The van der Waals surface area contributed by atoms with E-state index in [1.807, 2.05) is 0 Å². The number of hydrogen-bond donors (Lipinski definition) is 0. The second kappa shape index (κ2) is 7.41. The van der Waals surface area contributed by atoms with Crippen LogP contribution in [-0.4, -0.2) is 23.7 Å². The number of amides is 1. The van der Waals surface area contributed by atoms with Gasteiger partial charge in [0.25, 0.3) is 5.91 Å². The van der Waals surface area contributed by atoms with Gasteiger partial charge in [0.1, 0.15) is 5.75 Å². The summed E-state index contributed by atoms with van der Waals surface area (Å²) in [7, 11) is 1.54. The molecule has 2 aliphatic rings. The van der Waals surface area contributed by atoms with Gasteiger partial charge in [0, 0.05) is 22.4 Å². The lowest BCUT2D eigenvalue weighted by atomic mass is 10.1. The van der Waals surface area contributed by atoms with Crippen LogP contribution >= 0.6 is 22.9 Å².